The van der Waals surface area contributed by atoms with Crippen LogP contribution >= 0.6 is 11.3 Å². The Kier molecular flexibility index (Phi) is 4.39. The molecule has 0 radical (unpaired) electrons. The molecule has 0 spiro atoms. The van der Waals surface area contributed by atoms with Gasteiger partial charge in [0.25, 0.3) is 17.7 Å². The van der Waals surface area contributed by atoms with E-state index in [0.717, 1.165) is 4.90 Å². The van der Waals surface area contributed by atoms with E-state index in [-0.39, 0.29) is 6.42 Å². The first-order valence-corrected chi connectivity index (χ1v) is 7.99. The molecule has 0 fully saturated rings. The molecule has 1 aromatic carbocycles. The second kappa shape index (κ2) is 6.63. The highest BCUT2D eigenvalue weighted by atomic mass is 32.1. The van der Waals surface area contributed by atoms with Crippen molar-refractivity contribution in [2.45, 2.75) is 6.42 Å². The van der Waals surface area contributed by atoms with Crippen molar-refractivity contribution in [1.29, 1.82) is 0 Å². The van der Waals surface area contributed by atoms with Crippen LogP contribution in [0.25, 0.3) is 0 Å². The molecule has 0 bridgehead atoms. The molecule has 2 heterocycles. The second-order valence-electron chi connectivity index (χ2n) is 5.10. The Morgan fingerprint density at radius 2 is 1.88 bits per heavy atom. The molecule has 1 aliphatic rings. The number of hydrogen-bond acceptors (Lipinski definition) is 5. The predicted octanol–water partition coefficient (Wildman–Crippen LogP) is 0.734. The summed E-state index contributed by atoms with van der Waals surface area (Å²) in [4.78, 5) is 49.4. The highest BCUT2D eigenvalue weighted by Gasteiger charge is 2.31. The largest absolute Gasteiger partial charge is 0.279 e. The van der Waals surface area contributed by atoms with E-state index in [1.54, 1.807) is 41.8 Å². The quantitative estimate of drug-likeness (QED) is 0.634. The Morgan fingerprint density at radius 3 is 2.62 bits per heavy atom. The predicted molar refractivity (Wildman–Crippen MR) is 86.1 cm³/mol. The number of fused-ring (bicyclic) bond motifs is 1. The van der Waals surface area contributed by atoms with Gasteiger partial charge in [-0.05, 0) is 23.1 Å². The van der Waals surface area contributed by atoms with Crippen LogP contribution in [0.1, 0.15) is 25.6 Å². The molecule has 0 aliphatic carbocycles. The molecule has 2 N–H and O–H groups in total. The number of carbonyl (C=O) groups excluding carboxylic acids is 4. The van der Waals surface area contributed by atoms with E-state index in [0.29, 0.717) is 16.0 Å². The summed E-state index contributed by atoms with van der Waals surface area (Å²) in [5.74, 6) is -2.07. The van der Waals surface area contributed by atoms with Crippen molar-refractivity contribution in [2.24, 2.45) is 0 Å². The standard InChI is InChI=1S/C16H13N3O4S/c20-13(17-18-15(22)12-6-3-7-24-12)9-19-14(21)8-10-4-1-2-5-11(10)16(19)23/h1-7H,8-9H2,(H,17,20)(H,18,22). The van der Waals surface area contributed by atoms with Crippen molar-refractivity contribution >= 4 is 35.0 Å². The van der Waals surface area contributed by atoms with E-state index in [1.165, 1.54) is 11.3 Å². The van der Waals surface area contributed by atoms with Gasteiger partial charge in [-0.1, -0.05) is 24.3 Å². The van der Waals surface area contributed by atoms with Gasteiger partial charge in [-0.2, -0.15) is 0 Å². The average Bonchev–Trinajstić information content (AvgIpc) is 3.11. The Hall–Kier alpha value is -3.00. The van der Waals surface area contributed by atoms with Crippen LogP contribution in [-0.4, -0.2) is 35.1 Å². The first-order valence-electron chi connectivity index (χ1n) is 7.11. The van der Waals surface area contributed by atoms with Gasteiger partial charge in [-0.15, -0.1) is 11.3 Å². The van der Waals surface area contributed by atoms with Crippen LogP contribution in [0.15, 0.2) is 41.8 Å². The lowest BCUT2D eigenvalue weighted by molar-refractivity contribution is -0.133. The molecule has 2 aromatic rings. The van der Waals surface area contributed by atoms with Crippen LogP contribution in [0.4, 0.5) is 0 Å². The highest BCUT2D eigenvalue weighted by molar-refractivity contribution is 7.12. The van der Waals surface area contributed by atoms with Crippen LogP contribution in [0.2, 0.25) is 0 Å². The Bertz CT molecular complexity index is 816. The molecule has 0 saturated carbocycles. The second-order valence-corrected chi connectivity index (χ2v) is 6.05. The zero-order valence-corrected chi connectivity index (χ0v) is 13.3. The number of hydrazine groups is 1. The van der Waals surface area contributed by atoms with E-state index in [2.05, 4.69) is 10.9 Å². The zero-order valence-electron chi connectivity index (χ0n) is 12.4. The lowest BCUT2D eigenvalue weighted by Gasteiger charge is -2.26. The molecule has 1 aliphatic heterocycles. The summed E-state index contributed by atoms with van der Waals surface area (Å²) in [6, 6.07) is 10.1. The summed E-state index contributed by atoms with van der Waals surface area (Å²) in [5.41, 5.74) is 5.51. The van der Waals surface area contributed by atoms with Crippen molar-refractivity contribution < 1.29 is 19.2 Å². The number of rotatable bonds is 3. The summed E-state index contributed by atoms with van der Waals surface area (Å²) < 4.78 is 0. The molecule has 122 valence electrons. The molecule has 1 aromatic heterocycles. The summed E-state index contributed by atoms with van der Waals surface area (Å²) in [7, 11) is 0. The van der Waals surface area contributed by atoms with Gasteiger partial charge in [-0.3, -0.25) is 34.9 Å². The lowest BCUT2D eigenvalue weighted by atomic mass is 9.98. The van der Waals surface area contributed by atoms with E-state index >= 15 is 0 Å². The number of nitrogens with zero attached hydrogens (tertiary/aromatic N) is 1. The minimum absolute atomic E-state index is 0.0662. The maximum Gasteiger partial charge on any atom is 0.279 e. The molecular weight excluding hydrogens is 330 g/mol. The molecule has 8 heteroatoms. The maximum atomic E-state index is 12.3. The lowest BCUT2D eigenvalue weighted by Crippen LogP contribution is -2.51. The zero-order chi connectivity index (χ0) is 17.1. The maximum absolute atomic E-state index is 12.3. The number of nitrogens with one attached hydrogen (secondary N) is 2. The van der Waals surface area contributed by atoms with Crippen molar-refractivity contribution in [3.63, 3.8) is 0 Å². The fraction of sp³-hybridized carbons (Fsp3) is 0.125. The number of hydrogen-bond donors (Lipinski definition) is 2. The van der Waals surface area contributed by atoms with Crippen molar-refractivity contribution in [3.05, 3.63) is 57.8 Å². The molecule has 0 unspecified atom stereocenters. The summed E-state index contributed by atoms with van der Waals surface area (Å²) in [6.45, 7) is -0.448. The van der Waals surface area contributed by atoms with Gasteiger partial charge in [0, 0.05) is 5.56 Å². The van der Waals surface area contributed by atoms with Crippen LogP contribution in [-0.2, 0) is 16.0 Å². The third-order valence-corrected chi connectivity index (χ3v) is 4.37. The number of amides is 4. The van der Waals surface area contributed by atoms with Crippen molar-refractivity contribution in [2.75, 3.05) is 6.54 Å². The number of carbonyl (C=O) groups is 4. The van der Waals surface area contributed by atoms with E-state index < -0.39 is 30.2 Å². The van der Waals surface area contributed by atoms with Crippen LogP contribution < -0.4 is 10.9 Å². The normalized spacial score (nSPS) is 13.4. The molecular formula is C16H13N3O4S. The highest BCUT2D eigenvalue weighted by Crippen LogP contribution is 2.19. The Morgan fingerprint density at radius 1 is 1.08 bits per heavy atom. The molecule has 24 heavy (non-hydrogen) atoms. The van der Waals surface area contributed by atoms with E-state index in [4.69, 9.17) is 0 Å². The summed E-state index contributed by atoms with van der Waals surface area (Å²) in [5, 5.41) is 1.74. The summed E-state index contributed by atoms with van der Waals surface area (Å²) >= 11 is 1.23. The van der Waals surface area contributed by atoms with E-state index in [9.17, 15) is 19.2 Å². The Labute approximate surface area is 141 Å². The van der Waals surface area contributed by atoms with Crippen LogP contribution in [0.5, 0.6) is 0 Å². The van der Waals surface area contributed by atoms with Gasteiger partial charge < -0.3 is 0 Å². The first kappa shape index (κ1) is 15.9. The minimum atomic E-state index is -0.652. The van der Waals surface area contributed by atoms with E-state index in [1.807, 2.05) is 0 Å². The third kappa shape index (κ3) is 3.18. The fourth-order valence-electron chi connectivity index (χ4n) is 2.34. The van der Waals surface area contributed by atoms with Crippen LogP contribution in [0.3, 0.4) is 0 Å². The van der Waals surface area contributed by atoms with Gasteiger partial charge in [0.15, 0.2) is 0 Å². The monoisotopic (exact) mass is 343 g/mol. The minimum Gasteiger partial charge on any atom is -0.274 e. The molecule has 3 rings (SSSR count). The number of imide groups is 1. The molecule has 7 nitrogen and oxygen atoms in total. The smallest absolute Gasteiger partial charge is 0.274 e. The van der Waals surface area contributed by atoms with Gasteiger partial charge >= 0.3 is 0 Å². The van der Waals surface area contributed by atoms with Crippen molar-refractivity contribution in [3.8, 4) is 0 Å². The number of benzene rings is 1. The first-order chi connectivity index (χ1) is 11.6. The van der Waals surface area contributed by atoms with Gasteiger partial charge in [-0.25, -0.2) is 0 Å². The molecule has 0 saturated heterocycles. The van der Waals surface area contributed by atoms with Crippen LogP contribution in [0, 0.1) is 0 Å². The number of thiophene rings is 1. The Balaban J connectivity index is 1.61. The van der Waals surface area contributed by atoms with Gasteiger partial charge in [0.05, 0.1) is 11.3 Å². The van der Waals surface area contributed by atoms with Crippen molar-refractivity contribution in [1.82, 2.24) is 15.8 Å². The molecule has 4 amide bonds. The third-order valence-electron chi connectivity index (χ3n) is 3.50. The summed E-state index contributed by atoms with van der Waals surface area (Å²) in [6.07, 6.45) is 0.0662. The van der Waals surface area contributed by atoms with Gasteiger partial charge in [0.2, 0.25) is 5.91 Å². The van der Waals surface area contributed by atoms with Gasteiger partial charge in [0.1, 0.15) is 6.54 Å². The molecule has 0 atom stereocenters. The fourth-order valence-corrected chi connectivity index (χ4v) is 2.96. The topological polar surface area (TPSA) is 95.6 Å². The average molecular weight is 343 g/mol. The SMILES string of the molecule is O=C(CN1C(=O)Cc2ccccc2C1=O)NNC(=O)c1cccs1.